The molecule has 0 saturated heterocycles. The van der Waals surface area contributed by atoms with Crippen LogP contribution in [0.25, 0.3) is 0 Å². The lowest BCUT2D eigenvalue weighted by atomic mass is 10.0. The number of rotatable bonds is 6. The topological polar surface area (TPSA) is 65.9 Å². The van der Waals surface area contributed by atoms with Gasteiger partial charge in [-0.3, -0.25) is 9.88 Å². The molecule has 0 aliphatic carbocycles. The zero-order valence-electron chi connectivity index (χ0n) is 11.4. The molecule has 0 amide bonds. The third-order valence-corrected chi connectivity index (χ3v) is 3.02. The van der Waals surface area contributed by atoms with Gasteiger partial charge in [-0.05, 0) is 32.5 Å². The van der Waals surface area contributed by atoms with Gasteiger partial charge in [0, 0.05) is 18.8 Å². The van der Waals surface area contributed by atoms with E-state index >= 15 is 0 Å². The van der Waals surface area contributed by atoms with Crippen molar-refractivity contribution in [2.24, 2.45) is 11.7 Å². The Bertz CT molecular complexity index is 383. The molecule has 0 aliphatic heterocycles. The first kappa shape index (κ1) is 14.6. The second-order valence-corrected chi connectivity index (χ2v) is 4.68. The number of likely N-dealkylation sites (N-methyl/N-ethyl adjacent to an activating group) is 1. The van der Waals surface area contributed by atoms with Gasteiger partial charge in [0.15, 0.2) is 0 Å². The molecule has 3 unspecified atom stereocenters. The molecule has 0 radical (unpaired) electrons. The summed E-state index contributed by atoms with van der Waals surface area (Å²) in [5.41, 5.74) is 7.07. The minimum atomic E-state index is -0.0225. The number of nitrogens with zero attached hydrogens (tertiary/aromatic N) is 3. The smallest absolute Gasteiger partial charge is 0.0671 e. The van der Waals surface area contributed by atoms with Gasteiger partial charge in [-0.25, -0.2) is 0 Å². The van der Waals surface area contributed by atoms with Gasteiger partial charge in [0.05, 0.1) is 23.7 Å². The fourth-order valence-electron chi connectivity index (χ4n) is 2.17. The van der Waals surface area contributed by atoms with Crippen LogP contribution in [0, 0.1) is 17.2 Å². The Morgan fingerprint density at radius 3 is 2.61 bits per heavy atom. The highest BCUT2D eigenvalue weighted by molar-refractivity contribution is 5.11. The minimum Gasteiger partial charge on any atom is -0.326 e. The van der Waals surface area contributed by atoms with Crippen molar-refractivity contribution in [3.8, 4) is 6.07 Å². The maximum atomic E-state index is 8.95. The van der Waals surface area contributed by atoms with Gasteiger partial charge in [0.1, 0.15) is 0 Å². The first-order chi connectivity index (χ1) is 8.60. The molecule has 98 valence electrons. The molecule has 4 heteroatoms. The summed E-state index contributed by atoms with van der Waals surface area (Å²) < 4.78 is 0. The number of pyridine rings is 1. The lowest BCUT2D eigenvalue weighted by Gasteiger charge is -2.33. The van der Waals surface area contributed by atoms with Crippen molar-refractivity contribution in [2.75, 3.05) is 13.1 Å². The van der Waals surface area contributed by atoms with E-state index in [0.29, 0.717) is 0 Å². The van der Waals surface area contributed by atoms with E-state index in [4.69, 9.17) is 11.0 Å². The first-order valence-corrected chi connectivity index (χ1v) is 6.40. The molecule has 1 aromatic heterocycles. The molecule has 18 heavy (non-hydrogen) atoms. The fraction of sp³-hybridized carbons (Fsp3) is 0.571. The molecular weight excluding hydrogens is 224 g/mol. The highest BCUT2D eigenvalue weighted by atomic mass is 15.2. The van der Waals surface area contributed by atoms with E-state index in [9.17, 15) is 0 Å². The van der Waals surface area contributed by atoms with Crippen molar-refractivity contribution in [3.05, 3.63) is 30.1 Å². The highest BCUT2D eigenvalue weighted by Crippen LogP contribution is 2.22. The van der Waals surface area contributed by atoms with Gasteiger partial charge in [0.2, 0.25) is 0 Å². The Labute approximate surface area is 109 Å². The number of hydrogen-bond acceptors (Lipinski definition) is 4. The van der Waals surface area contributed by atoms with Gasteiger partial charge < -0.3 is 5.73 Å². The predicted octanol–water partition coefficient (Wildman–Crippen LogP) is 1.95. The monoisotopic (exact) mass is 246 g/mol. The van der Waals surface area contributed by atoms with Crippen LogP contribution >= 0.6 is 0 Å². The molecule has 1 aromatic rings. The third-order valence-electron chi connectivity index (χ3n) is 3.02. The molecule has 0 fully saturated rings. The van der Waals surface area contributed by atoms with Crippen molar-refractivity contribution in [3.63, 3.8) is 0 Å². The second-order valence-electron chi connectivity index (χ2n) is 4.68. The van der Waals surface area contributed by atoms with E-state index in [1.54, 1.807) is 6.20 Å². The molecule has 0 saturated carbocycles. The molecule has 4 nitrogen and oxygen atoms in total. The van der Waals surface area contributed by atoms with Crippen molar-refractivity contribution in [1.82, 2.24) is 9.88 Å². The molecule has 2 N–H and O–H groups in total. The SMILES string of the molecule is CCN(CC(C)C#N)C(c1ccccn1)C(C)N. The Morgan fingerprint density at radius 2 is 2.17 bits per heavy atom. The van der Waals surface area contributed by atoms with E-state index in [2.05, 4.69) is 22.9 Å². The van der Waals surface area contributed by atoms with Crippen LogP contribution in [0.3, 0.4) is 0 Å². The normalized spacial score (nSPS) is 16.0. The molecule has 0 spiro atoms. The van der Waals surface area contributed by atoms with Gasteiger partial charge in [-0.2, -0.15) is 5.26 Å². The lowest BCUT2D eigenvalue weighted by molar-refractivity contribution is 0.169. The van der Waals surface area contributed by atoms with Crippen LogP contribution in [0.4, 0.5) is 0 Å². The zero-order chi connectivity index (χ0) is 13.5. The molecular formula is C14H22N4. The predicted molar refractivity (Wildman–Crippen MR) is 72.7 cm³/mol. The van der Waals surface area contributed by atoms with E-state index in [1.165, 1.54) is 0 Å². The summed E-state index contributed by atoms with van der Waals surface area (Å²) in [5, 5.41) is 8.95. The average molecular weight is 246 g/mol. The van der Waals surface area contributed by atoms with Crippen molar-refractivity contribution < 1.29 is 0 Å². The Kier molecular flexibility index (Phi) is 5.76. The van der Waals surface area contributed by atoms with Crippen molar-refractivity contribution >= 4 is 0 Å². The van der Waals surface area contributed by atoms with Crippen LogP contribution < -0.4 is 5.73 Å². The summed E-state index contributed by atoms with van der Waals surface area (Å²) in [4.78, 5) is 6.62. The van der Waals surface area contributed by atoms with Crippen LogP contribution in [-0.4, -0.2) is 29.0 Å². The number of aromatic nitrogens is 1. The minimum absolute atomic E-state index is 0.00471. The van der Waals surface area contributed by atoms with Crippen LogP contribution in [0.15, 0.2) is 24.4 Å². The summed E-state index contributed by atoms with van der Waals surface area (Å²) >= 11 is 0. The van der Waals surface area contributed by atoms with Crippen molar-refractivity contribution in [2.45, 2.75) is 32.9 Å². The zero-order valence-corrected chi connectivity index (χ0v) is 11.4. The summed E-state index contributed by atoms with van der Waals surface area (Å²) in [6.07, 6.45) is 1.78. The van der Waals surface area contributed by atoms with Crippen LogP contribution in [-0.2, 0) is 0 Å². The van der Waals surface area contributed by atoms with Gasteiger partial charge in [-0.15, -0.1) is 0 Å². The van der Waals surface area contributed by atoms with E-state index in [-0.39, 0.29) is 18.0 Å². The first-order valence-electron chi connectivity index (χ1n) is 6.40. The molecule has 1 rings (SSSR count). The van der Waals surface area contributed by atoms with E-state index < -0.39 is 0 Å². The summed E-state index contributed by atoms with van der Waals surface area (Å²) in [6, 6.07) is 8.18. The van der Waals surface area contributed by atoms with Crippen LogP contribution in [0.5, 0.6) is 0 Å². The quantitative estimate of drug-likeness (QED) is 0.833. The Balaban J connectivity index is 2.93. The van der Waals surface area contributed by atoms with E-state index in [1.807, 2.05) is 32.0 Å². The Morgan fingerprint density at radius 1 is 1.44 bits per heavy atom. The molecule has 0 aliphatic rings. The summed E-state index contributed by atoms with van der Waals surface area (Å²) in [7, 11) is 0. The molecule has 1 heterocycles. The standard InChI is InChI=1S/C14H22N4/c1-4-18(10-11(2)9-15)14(12(3)16)13-7-5-6-8-17-13/h5-8,11-12,14H,4,10,16H2,1-3H3. The fourth-order valence-corrected chi connectivity index (χ4v) is 2.17. The van der Waals surface area contributed by atoms with Gasteiger partial charge >= 0.3 is 0 Å². The maximum absolute atomic E-state index is 8.95. The number of nitriles is 1. The highest BCUT2D eigenvalue weighted by Gasteiger charge is 2.25. The number of nitrogens with two attached hydrogens (primary N) is 1. The maximum Gasteiger partial charge on any atom is 0.0671 e. The van der Waals surface area contributed by atoms with Crippen LogP contribution in [0.1, 0.15) is 32.5 Å². The second kappa shape index (κ2) is 7.10. The largest absolute Gasteiger partial charge is 0.326 e. The summed E-state index contributed by atoms with van der Waals surface area (Å²) in [5.74, 6) is -0.00471. The third kappa shape index (κ3) is 3.80. The molecule has 0 aromatic carbocycles. The van der Waals surface area contributed by atoms with Crippen molar-refractivity contribution in [1.29, 1.82) is 5.26 Å². The van der Waals surface area contributed by atoms with Gasteiger partial charge in [0.25, 0.3) is 0 Å². The average Bonchev–Trinajstić information content (AvgIpc) is 2.38. The van der Waals surface area contributed by atoms with E-state index in [0.717, 1.165) is 18.8 Å². The van der Waals surface area contributed by atoms with Crippen LogP contribution in [0.2, 0.25) is 0 Å². The Hall–Kier alpha value is -1.44. The molecule has 0 bridgehead atoms. The number of hydrogen-bond donors (Lipinski definition) is 1. The summed E-state index contributed by atoms with van der Waals surface area (Å²) in [6.45, 7) is 7.57. The lowest BCUT2D eigenvalue weighted by Crippen LogP contribution is -2.41. The van der Waals surface area contributed by atoms with Gasteiger partial charge in [-0.1, -0.05) is 13.0 Å². The molecule has 3 atom stereocenters.